The quantitative estimate of drug-likeness (QED) is 0.379. The number of halogens is 2. The normalized spacial score (nSPS) is 12.9. The van der Waals surface area contributed by atoms with E-state index in [9.17, 15) is 8.78 Å². The van der Waals surface area contributed by atoms with Crippen LogP contribution < -0.4 is 20.1 Å². The largest absolute Gasteiger partial charge is 0.497 e. The number of nitrogens with zero attached hydrogens (tertiary/aromatic N) is 2. The molecule has 1 aromatic rings. The van der Waals surface area contributed by atoms with Gasteiger partial charge in [-0.05, 0) is 58.5 Å². The van der Waals surface area contributed by atoms with E-state index in [-0.39, 0.29) is 18.3 Å². The molecular weight excluding hydrogens is 378 g/mol. The number of ether oxygens (including phenoxy) is 2. The summed E-state index contributed by atoms with van der Waals surface area (Å²) in [7, 11) is 1.48. The van der Waals surface area contributed by atoms with Crippen LogP contribution in [0.2, 0.25) is 0 Å². The van der Waals surface area contributed by atoms with E-state index in [0.29, 0.717) is 23.8 Å². The van der Waals surface area contributed by atoms with Crippen molar-refractivity contribution >= 4 is 5.96 Å². The van der Waals surface area contributed by atoms with Gasteiger partial charge < -0.3 is 25.0 Å². The number of methoxy groups -OCH3 is 1. The SMILES string of the molecule is CCNC(=NCc1ccc(OC)cc1OC(F)F)NC(C)CCCN(CC)CC. The summed E-state index contributed by atoms with van der Waals surface area (Å²) >= 11 is 0. The highest BCUT2D eigenvalue weighted by molar-refractivity contribution is 5.80. The zero-order chi connectivity index (χ0) is 21.6. The molecule has 1 rings (SSSR count). The number of hydrogen-bond donors (Lipinski definition) is 2. The minimum atomic E-state index is -2.90. The molecule has 29 heavy (non-hydrogen) atoms. The van der Waals surface area contributed by atoms with E-state index in [4.69, 9.17) is 4.74 Å². The van der Waals surface area contributed by atoms with Crippen LogP contribution in [-0.2, 0) is 6.54 Å². The molecular formula is C21H36F2N4O2. The molecule has 0 aliphatic rings. The van der Waals surface area contributed by atoms with Crippen molar-refractivity contribution in [2.75, 3.05) is 33.3 Å². The lowest BCUT2D eigenvalue weighted by Crippen LogP contribution is -2.42. The zero-order valence-electron chi connectivity index (χ0n) is 18.3. The Morgan fingerprint density at radius 3 is 2.52 bits per heavy atom. The van der Waals surface area contributed by atoms with Crippen molar-refractivity contribution in [3.8, 4) is 11.5 Å². The highest BCUT2D eigenvalue weighted by Gasteiger charge is 2.12. The number of aliphatic imine (C=N–C) groups is 1. The van der Waals surface area contributed by atoms with Gasteiger partial charge in [-0.25, -0.2) is 4.99 Å². The standard InChI is InChI=1S/C21H36F2N4O2/c1-6-24-21(26-16(4)10-9-13-27(7-2)8-3)25-15-17-11-12-18(28-5)14-19(17)29-20(22)23/h11-12,14,16,20H,6-10,13,15H2,1-5H3,(H2,24,25,26). The third kappa shape index (κ3) is 9.78. The fourth-order valence-electron chi connectivity index (χ4n) is 2.95. The van der Waals surface area contributed by atoms with Gasteiger partial charge in [0.05, 0.1) is 13.7 Å². The number of hydrogen-bond acceptors (Lipinski definition) is 4. The van der Waals surface area contributed by atoms with E-state index in [1.807, 2.05) is 6.92 Å². The summed E-state index contributed by atoms with van der Waals surface area (Å²) in [6.07, 6.45) is 2.11. The second-order valence-corrected chi connectivity index (χ2v) is 6.76. The zero-order valence-corrected chi connectivity index (χ0v) is 18.3. The smallest absolute Gasteiger partial charge is 0.387 e. The summed E-state index contributed by atoms with van der Waals surface area (Å²) in [4.78, 5) is 6.94. The van der Waals surface area contributed by atoms with Crippen LogP contribution in [0.1, 0.15) is 46.1 Å². The van der Waals surface area contributed by atoms with Crippen molar-refractivity contribution in [1.29, 1.82) is 0 Å². The molecule has 2 N–H and O–H groups in total. The minimum Gasteiger partial charge on any atom is -0.497 e. The van der Waals surface area contributed by atoms with Gasteiger partial charge in [-0.3, -0.25) is 0 Å². The maximum absolute atomic E-state index is 12.7. The summed E-state index contributed by atoms with van der Waals surface area (Å²) in [5.74, 6) is 1.19. The van der Waals surface area contributed by atoms with Crippen LogP contribution in [-0.4, -0.2) is 56.8 Å². The van der Waals surface area contributed by atoms with Gasteiger partial charge >= 0.3 is 6.61 Å². The molecule has 0 aromatic heterocycles. The minimum absolute atomic E-state index is 0.0752. The van der Waals surface area contributed by atoms with E-state index in [1.54, 1.807) is 12.1 Å². The van der Waals surface area contributed by atoms with Gasteiger partial charge in [-0.15, -0.1) is 0 Å². The molecule has 1 unspecified atom stereocenters. The molecule has 0 saturated carbocycles. The Morgan fingerprint density at radius 2 is 1.93 bits per heavy atom. The summed E-state index contributed by atoms with van der Waals surface area (Å²) < 4.78 is 35.2. The van der Waals surface area contributed by atoms with Crippen LogP contribution >= 0.6 is 0 Å². The second-order valence-electron chi connectivity index (χ2n) is 6.76. The van der Waals surface area contributed by atoms with Crippen LogP contribution in [0, 0.1) is 0 Å². The van der Waals surface area contributed by atoms with E-state index >= 15 is 0 Å². The molecule has 0 aliphatic heterocycles. The topological polar surface area (TPSA) is 58.1 Å². The van der Waals surface area contributed by atoms with Gasteiger partial charge in [-0.1, -0.05) is 13.8 Å². The Morgan fingerprint density at radius 1 is 1.21 bits per heavy atom. The first-order valence-electron chi connectivity index (χ1n) is 10.3. The van der Waals surface area contributed by atoms with Gasteiger partial charge in [0.2, 0.25) is 0 Å². The van der Waals surface area contributed by atoms with Crippen LogP contribution in [0.4, 0.5) is 8.78 Å². The number of benzene rings is 1. The molecule has 8 heteroatoms. The van der Waals surface area contributed by atoms with Crippen LogP contribution in [0.5, 0.6) is 11.5 Å². The van der Waals surface area contributed by atoms with Crippen molar-refractivity contribution in [2.45, 2.75) is 59.7 Å². The molecule has 0 aliphatic carbocycles. The van der Waals surface area contributed by atoms with E-state index in [1.165, 1.54) is 13.2 Å². The maximum Gasteiger partial charge on any atom is 0.387 e. The van der Waals surface area contributed by atoms with Crippen LogP contribution in [0.3, 0.4) is 0 Å². The summed E-state index contributed by atoms with van der Waals surface area (Å²) in [5.41, 5.74) is 0.567. The molecule has 166 valence electrons. The van der Waals surface area contributed by atoms with Crippen molar-refractivity contribution in [1.82, 2.24) is 15.5 Å². The lowest BCUT2D eigenvalue weighted by molar-refractivity contribution is -0.0505. The molecule has 1 atom stereocenters. The molecule has 0 radical (unpaired) electrons. The molecule has 1 aromatic carbocycles. The predicted molar refractivity (Wildman–Crippen MR) is 114 cm³/mol. The van der Waals surface area contributed by atoms with Gasteiger partial charge in [0.1, 0.15) is 11.5 Å². The van der Waals surface area contributed by atoms with Crippen molar-refractivity contribution in [3.63, 3.8) is 0 Å². The monoisotopic (exact) mass is 414 g/mol. The first kappa shape index (κ1) is 24.9. The Balaban J connectivity index is 2.73. The van der Waals surface area contributed by atoms with Crippen molar-refractivity contribution < 1.29 is 18.3 Å². The van der Waals surface area contributed by atoms with Gasteiger partial charge in [0, 0.05) is 24.2 Å². The average molecular weight is 415 g/mol. The Hall–Kier alpha value is -2.09. The van der Waals surface area contributed by atoms with E-state index in [0.717, 1.165) is 32.5 Å². The van der Waals surface area contributed by atoms with Gasteiger partial charge in [-0.2, -0.15) is 8.78 Å². The molecule has 0 bridgehead atoms. The molecule has 0 fully saturated rings. The van der Waals surface area contributed by atoms with Crippen molar-refractivity contribution in [2.24, 2.45) is 4.99 Å². The first-order valence-corrected chi connectivity index (χ1v) is 10.3. The fraction of sp³-hybridized carbons (Fsp3) is 0.667. The third-order valence-corrected chi connectivity index (χ3v) is 4.63. The predicted octanol–water partition coefficient (Wildman–Crippen LogP) is 3.86. The number of rotatable bonds is 13. The fourth-order valence-corrected chi connectivity index (χ4v) is 2.95. The number of alkyl halides is 2. The Labute approximate surface area is 173 Å². The van der Waals surface area contributed by atoms with Gasteiger partial charge in [0.25, 0.3) is 0 Å². The van der Waals surface area contributed by atoms with E-state index in [2.05, 4.69) is 46.0 Å². The number of nitrogens with one attached hydrogen (secondary N) is 2. The first-order chi connectivity index (χ1) is 13.9. The summed E-state index contributed by atoms with van der Waals surface area (Å²) in [5, 5.41) is 6.59. The lowest BCUT2D eigenvalue weighted by Gasteiger charge is -2.21. The highest BCUT2D eigenvalue weighted by atomic mass is 19.3. The summed E-state index contributed by atoms with van der Waals surface area (Å²) in [6.45, 7) is 9.68. The summed E-state index contributed by atoms with van der Waals surface area (Å²) in [6, 6.07) is 5.10. The molecule has 0 saturated heterocycles. The lowest BCUT2D eigenvalue weighted by atomic mass is 10.1. The van der Waals surface area contributed by atoms with E-state index < -0.39 is 6.61 Å². The molecule has 6 nitrogen and oxygen atoms in total. The van der Waals surface area contributed by atoms with Crippen LogP contribution in [0.15, 0.2) is 23.2 Å². The maximum atomic E-state index is 12.7. The third-order valence-electron chi connectivity index (χ3n) is 4.63. The second kappa shape index (κ2) is 14.0. The van der Waals surface area contributed by atoms with Crippen LogP contribution in [0.25, 0.3) is 0 Å². The van der Waals surface area contributed by atoms with Gasteiger partial charge in [0.15, 0.2) is 5.96 Å². The molecule has 0 spiro atoms. The Bertz CT molecular complexity index is 610. The molecule has 0 heterocycles. The average Bonchev–Trinajstić information content (AvgIpc) is 2.69. The molecule has 0 amide bonds. The number of guanidine groups is 1. The van der Waals surface area contributed by atoms with Crippen molar-refractivity contribution in [3.05, 3.63) is 23.8 Å². The Kier molecular flexibility index (Phi) is 12.0. The highest BCUT2D eigenvalue weighted by Crippen LogP contribution is 2.27.